The van der Waals surface area contributed by atoms with E-state index < -0.39 is 11.4 Å². The van der Waals surface area contributed by atoms with Crippen molar-refractivity contribution in [3.63, 3.8) is 0 Å². The van der Waals surface area contributed by atoms with Crippen molar-refractivity contribution in [3.8, 4) is 5.75 Å². The highest BCUT2D eigenvalue weighted by Crippen LogP contribution is 2.19. The van der Waals surface area contributed by atoms with Crippen molar-refractivity contribution in [2.45, 2.75) is 20.3 Å². The van der Waals surface area contributed by atoms with Crippen molar-refractivity contribution in [2.75, 3.05) is 13.2 Å². The molecule has 94 valence electrons. The lowest BCUT2D eigenvalue weighted by molar-refractivity contribution is -0.148. The molecule has 17 heavy (non-hydrogen) atoms. The first-order valence-electron chi connectivity index (χ1n) is 5.61. The van der Waals surface area contributed by atoms with E-state index in [2.05, 4.69) is 0 Å². The van der Waals surface area contributed by atoms with Crippen LogP contribution in [0.4, 0.5) is 0 Å². The number of benzene rings is 1. The number of carbonyl (C=O) groups is 1. The molecule has 3 N–H and O–H groups in total. The molecule has 0 bridgehead atoms. The number of aliphatic carboxylic acids is 1. The molecule has 0 aromatic heterocycles. The number of nitrogens with two attached hydrogens (primary N) is 1. The first kappa shape index (κ1) is 13.5. The molecule has 4 heteroatoms. The molecule has 4 nitrogen and oxygen atoms in total. The molecule has 0 atom stereocenters. The summed E-state index contributed by atoms with van der Waals surface area (Å²) >= 11 is 0. The van der Waals surface area contributed by atoms with Gasteiger partial charge in [-0.3, -0.25) is 4.79 Å². The zero-order chi connectivity index (χ0) is 12.9. The Balaban J connectivity index is 2.55. The molecule has 0 saturated heterocycles. The van der Waals surface area contributed by atoms with Crippen LogP contribution in [0.1, 0.15) is 19.4 Å². The fourth-order valence-electron chi connectivity index (χ4n) is 1.24. The largest absolute Gasteiger partial charge is 0.492 e. The normalized spacial score (nSPS) is 11.2. The molecular weight excluding hydrogens is 218 g/mol. The molecule has 0 fully saturated rings. The molecule has 0 aliphatic carbocycles. The summed E-state index contributed by atoms with van der Waals surface area (Å²) in [6.45, 7) is 4.04. The maximum absolute atomic E-state index is 10.9. The Bertz CT molecular complexity index is 371. The summed E-state index contributed by atoms with van der Waals surface area (Å²) in [6, 6.07) is 7.55. The van der Waals surface area contributed by atoms with Crippen LogP contribution in [0, 0.1) is 5.41 Å². The fraction of sp³-hybridized carbons (Fsp3) is 0.462. The molecular formula is C13H19NO3. The SMILES string of the molecule is CC(C)(COc1ccc(CCN)cc1)C(=O)O. The van der Waals surface area contributed by atoms with Crippen molar-refractivity contribution in [1.29, 1.82) is 0 Å². The third-order valence-electron chi connectivity index (χ3n) is 2.54. The van der Waals surface area contributed by atoms with Crippen LogP contribution in [0.5, 0.6) is 5.75 Å². The Morgan fingerprint density at radius 3 is 2.41 bits per heavy atom. The molecule has 0 radical (unpaired) electrons. The van der Waals surface area contributed by atoms with Crippen LogP contribution in [0.25, 0.3) is 0 Å². The van der Waals surface area contributed by atoms with E-state index in [9.17, 15) is 4.79 Å². The van der Waals surface area contributed by atoms with E-state index in [0.717, 1.165) is 12.0 Å². The van der Waals surface area contributed by atoms with Crippen molar-refractivity contribution >= 4 is 5.97 Å². The monoisotopic (exact) mass is 237 g/mol. The summed E-state index contributed by atoms with van der Waals surface area (Å²) in [5.41, 5.74) is 5.72. The van der Waals surface area contributed by atoms with E-state index in [-0.39, 0.29) is 6.61 Å². The third kappa shape index (κ3) is 4.07. The fourth-order valence-corrected chi connectivity index (χ4v) is 1.24. The van der Waals surface area contributed by atoms with Crippen molar-refractivity contribution < 1.29 is 14.6 Å². The van der Waals surface area contributed by atoms with E-state index >= 15 is 0 Å². The number of ether oxygens (including phenoxy) is 1. The summed E-state index contributed by atoms with van der Waals surface area (Å²) in [7, 11) is 0. The highest BCUT2D eigenvalue weighted by atomic mass is 16.5. The van der Waals surface area contributed by atoms with Gasteiger partial charge in [-0.15, -0.1) is 0 Å². The molecule has 1 aromatic rings. The van der Waals surface area contributed by atoms with E-state index in [0.29, 0.717) is 12.3 Å². The van der Waals surface area contributed by atoms with Gasteiger partial charge in [0.15, 0.2) is 0 Å². The quantitative estimate of drug-likeness (QED) is 0.789. The van der Waals surface area contributed by atoms with Crippen LogP contribution < -0.4 is 10.5 Å². The predicted octanol–water partition coefficient (Wildman–Crippen LogP) is 1.68. The smallest absolute Gasteiger partial charge is 0.312 e. The van der Waals surface area contributed by atoms with Gasteiger partial charge >= 0.3 is 5.97 Å². The summed E-state index contributed by atoms with van der Waals surface area (Å²) in [5.74, 6) is -0.183. The molecule has 1 aromatic carbocycles. The lowest BCUT2D eigenvalue weighted by atomic mass is 9.95. The first-order chi connectivity index (χ1) is 7.95. The second-order valence-corrected chi connectivity index (χ2v) is 4.66. The highest BCUT2D eigenvalue weighted by molar-refractivity contribution is 5.73. The van der Waals surface area contributed by atoms with Crippen LogP contribution in [0.15, 0.2) is 24.3 Å². The van der Waals surface area contributed by atoms with Gasteiger partial charge in [0.05, 0.1) is 5.41 Å². The predicted molar refractivity (Wildman–Crippen MR) is 66.1 cm³/mol. The summed E-state index contributed by atoms with van der Waals surface area (Å²) in [4.78, 5) is 10.9. The minimum absolute atomic E-state index is 0.151. The molecule has 0 amide bonds. The molecule has 0 heterocycles. The number of hydrogen-bond acceptors (Lipinski definition) is 3. The van der Waals surface area contributed by atoms with Gasteiger partial charge in [-0.2, -0.15) is 0 Å². The van der Waals surface area contributed by atoms with E-state index in [1.165, 1.54) is 0 Å². The molecule has 1 rings (SSSR count). The van der Waals surface area contributed by atoms with Crippen molar-refractivity contribution in [2.24, 2.45) is 11.1 Å². The van der Waals surface area contributed by atoms with Crippen LogP contribution in [0.2, 0.25) is 0 Å². The molecule has 0 spiro atoms. The Kier molecular flexibility index (Phi) is 4.52. The van der Waals surface area contributed by atoms with E-state index in [4.69, 9.17) is 15.6 Å². The van der Waals surface area contributed by atoms with Crippen LogP contribution in [0.3, 0.4) is 0 Å². The highest BCUT2D eigenvalue weighted by Gasteiger charge is 2.28. The van der Waals surface area contributed by atoms with Gasteiger partial charge in [0.1, 0.15) is 12.4 Å². The minimum Gasteiger partial charge on any atom is -0.492 e. The third-order valence-corrected chi connectivity index (χ3v) is 2.54. The average molecular weight is 237 g/mol. The van der Waals surface area contributed by atoms with Crippen molar-refractivity contribution in [3.05, 3.63) is 29.8 Å². The number of carboxylic acids is 1. The first-order valence-corrected chi connectivity index (χ1v) is 5.61. The Morgan fingerprint density at radius 1 is 1.35 bits per heavy atom. The zero-order valence-electron chi connectivity index (χ0n) is 10.3. The number of carboxylic acid groups (broad SMARTS) is 1. The Hall–Kier alpha value is -1.55. The van der Waals surface area contributed by atoms with Crippen LogP contribution in [-0.4, -0.2) is 24.2 Å². The van der Waals surface area contributed by atoms with Crippen molar-refractivity contribution in [1.82, 2.24) is 0 Å². The van der Waals surface area contributed by atoms with Crippen LogP contribution >= 0.6 is 0 Å². The second kappa shape index (κ2) is 5.68. The zero-order valence-corrected chi connectivity index (χ0v) is 10.3. The minimum atomic E-state index is -0.879. The maximum atomic E-state index is 10.9. The standard InChI is InChI=1S/C13H19NO3/c1-13(2,12(15)16)9-17-11-5-3-10(4-6-11)7-8-14/h3-6H,7-9,14H2,1-2H3,(H,15,16). The average Bonchev–Trinajstić information content (AvgIpc) is 2.28. The van der Waals surface area contributed by atoms with Gasteiger partial charge < -0.3 is 15.6 Å². The molecule has 0 unspecified atom stereocenters. The van der Waals surface area contributed by atoms with Gasteiger partial charge in [0, 0.05) is 0 Å². The second-order valence-electron chi connectivity index (χ2n) is 4.66. The van der Waals surface area contributed by atoms with E-state index in [1.807, 2.05) is 24.3 Å². The van der Waals surface area contributed by atoms with E-state index in [1.54, 1.807) is 13.8 Å². The maximum Gasteiger partial charge on any atom is 0.312 e. The lowest BCUT2D eigenvalue weighted by Gasteiger charge is -2.19. The van der Waals surface area contributed by atoms with Gasteiger partial charge in [-0.1, -0.05) is 12.1 Å². The molecule has 0 aliphatic rings. The lowest BCUT2D eigenvalue weighted by Crippen LogP contribution is -2.30. The summed E-state index contributed by atoms with van der Waals surface area (Å²) in [5, 5.41) is 8.94. The van der Waals surface area contributed by atoms with Gasteiger partial charge in [-0.25, -0.2) is 0 Å². The van der Waals surface area contributed by atoms with Crippen LogP contribution in [-0.2, 0) is 11.2 Å². The number of hydrogen-bond donors (Lipinski definition) is 2. The Labute approximate surface area is 101 Å². The van der Waals surface area contributed by atoms with Gasteiger partial charge in [-0.05, 0) is 44.5 Å². The summed E-state index contributed by atoms with van der Waals surface area (Å²) < 4.78 is 5.45. The summed E-state index contributed by atoms with van der Waals surface area (Å²) in [6.07, 6.45) is 0.834. The molecule has 0 saturated carbocycles. The van der Waals surface area contributed by atoms with Gasteiger partial charge in [0.25, 0.3) is 0 Å². The Morgan fingerprint density at radius 2 is 1.94 bits per heavy atom. The topological polar surface area (TPSA) is 72.5 Å². The number of rotatable bonds is 6. The van der Waals surface area contributed by atoms with Gasteiger partial charge in [0.2, 0.25) is 0 Å². The molecule has 0 aliphatic heterocycles.